The molecule has 2 aliphatic carbocycles. The molecule has 0 saturated carbocycles. The Morgan fingerprint density at radius 1 is 0.422 bits per heavy atom. The molecule has 0 radical (unpaired) electrons. The van der Waals surface area contributed by atoms with Crippen LogP contribution in [-0.2, 0) is 10.8 Å². The lowest BCUT2D eigenvalue weighted by molar-refractivity contribution is 0.660. The van der Waals surface area contributed by atoms with Crippen LogP contribution in [0.25, 0.3) is 97.4 Å². The van der Waals surface area contributed by atoms with Crippen molar-refractivity contribution in [2.24, 2.45) is 0 Å². The minimum atomic E-state index is -0.146. The fourth-order valence-corrected chi connectivity index (χ4v) is 12.8. The minimum absolute atomic E-state index is 0.146. The highest BCUT2D eigenvalue weighted by Gasteiger charge is 2.37. The Hall–Kier alpha value is -7.40. The van der Waals surface area contributed by atoms with Crippen molar-refractivity contribution in [3.63, 3.8) is 0 Å². The first-order chi connectivity index (χ1) is 31.2. The second-order valence-corrected chi connectivity index (χ2v) is 19.9. The van der Waals surface area contributed by atoms with Crippen molar-refractivity contribution in [2.45, 2.75) is 38.5 Å². The van der Waals surface area contributed by atoms with E-state index in [1.54, 1.807) is 0 Å². The predicted molar refractivity (Wildman–Crippen MR) is 269 cm³/mol. The van der Waals surface area contributed by atoms with Crippen molar-refractivity contribution in [3.8, 4) is 33.4 Å². The monoisotopic (exact) mass is 839 g/mol. The maximum absolute atomic E-state index is 7.28. The van der Waals surface area contributed by atoms with Crippen LogP contribution in [0.15, 0.2) is 185 Å². The molecule has 0 N–H and O–H groups in total. The average Bonchev–Trinajstić information content (AvgIpc) is 4.10. The van der Waals surface area contributed by atoms with Gasteiger partial charge >= 0.3 is 0 Å². The van der Waals surface area contributed by atoms with Gasteiger partial charge in [0.15, 0.2) is 0 Å². The summed E-state index contributed by atoms with van der Waals surface area (Å²) in [4.78, 5) is 2.45. The lowest BCUT2D eigenvalue weighted by Gasteiger charge is -2.28. The van der Waals surface area contributed by atoms with Gasteiger partial charge in [-0.1, -0.05) is 143 Å². The first kappa shape index (κ1) is 36.1. The molecular formula is C60H41NO2S. The number of fused-ring (bicyclic) bond motifs is 15. The quantitative estimate of drug-likeness (QED) is 0.177. The van der Waals surface area contributed by atoms with E-state index in [9.17, 15) is 0 Å². The summed E-state index contributed by atoms with van der Waals surface area (Å²) < 4.78 is 16.5. The average molecular weight is 840 g/mol. The van der Waals surface area contributed by atoms with Gasteiger partial charge in [-0.2, -0.15) is 0 Å². The number of hydrogen-bond donors (Lipinski definition) is 0. The van der Waals surface area contributed by atoms with Crippen molar-refractivity contribution in [3.05, 3.63) is 198 Å². The second-order valence-electron chi connectivity index (χ2n) is 18.8. The van der Waals surface area contributed by atoms with Gasteiger partial charge in [0.1, 0.15) is 22.3 Å². The summed E-state index contributed by atoms with van der Waals surface area (Å²) in [7, 11) is 0. The number of furan rings is 2. The third-order valence-corrected chi connectivity index (χ3v) is 15.9. The molecule has 14 rings (SSSR count). The molecule has 4 heteroatoms. The van der Waals surface area contributed by atoms with Gasteiger partial charge in [0.25, 0.3) is 0 Å². The zero-order valence-electron chi connectivity index (χ0n) is 35.9. The molecule has 3 nitrogen and oxygen atoms in total. The molecule has 0 spiro atoms. The van der Waals surface area contributed by atoms with Crippen LogP contribution in [0.4, 0.5) is 17.1 Å². The lowest BCUT2D eigenvalue weighted by Crippen LogP contribution is -2.16. The van der Waals surface area contributed by atoms with E-state index in [1.807, 2.05) is 17.4 Å². The second kappa shape index (κ2) is 12.6. The van der Waals surface area contributed by atoms with Crippen LogP contribution < -0.4 is 4.90 Å². The highest BCUT2D eigenvalue weighted by Crippen LogP contribution is 2.54. The molecule has 3 heterocycles. The van der Waals surface area contributed by atoms with Gasteiger partial charge in [-0.25, -0.2) is 0 Å². The lowest BCUT2D eigenvalue weighted by atomic mass is 9.81. The molecule has 0 aliphatic heterocycles. The summed E-state index contributed by atoms with van der Waals surface area (Å²) in [5.41, 5.74) is 19.3. The number of rotatable bonds is 4. The fraction of sp³-hybridized carbons (Fsp3) is 0.100. The third kappa shape index (κ3) is 4.76. The van der Waals surface area contributed by atoms with Crippen molar-refractivity contribution < 1.29 is 8.83 Å². The molecule has 0 unspecified atom stereocenters. The largest absolute Gasteiger partial charge is 0.456 e. The Bertz CT molecular complexity index is 3990. The molecule has 0 bridgehead atoms. The molecule has 0 fully saturated rings. The molecule has 0 saturated heterocycles. The Morgan fingerprint density at radius 3 is 1.84 bits per heavy atom. The van der Waals surface area contributed by atoms with Gasteiger partial charge in [0.2, 0.25) is 0 Å². The number of para-hydroxylation sites is 1. The maximum Gasteiger partial charge on any atom is 0.144 e. The molecule has 0 atom stereocenters. The summed E-state index contributed by atoms with van der Waals surface area (Å²) in [6.07, 6.45) is 0. The van der Waals surface area contributed by atoms with Crippen LogP contribution in [-0.4, -0.2) is 0 Å². The third-order valence-electron chi connectivity index (χ3n) is 14.7. The van der Waals surface area contributed by atoms with Gasteiger partial charge in [-0.3, -0.25) is 0 Å². The zero-order chi connectivity index (χ0) is 42.6. The Labute approximate surface area is 374 Å². The number of anilines is 3. The molecule has 3 aromatic heterocycles. The first-order valence-electron chi connectivity index (χ1n) is 22.2. The van der Waals surface area contributed by atoms with E-state index in [-0.39, 0.29) is 10.8 Å². The molecule has 2 aliphatic rings. The number of nitrogens with zero attached hydrogens (tertiary/aromatic N) is 1. The minimum Gasteiger partial charge on any atom is -0.456 e. The van der Waals surface area contributed by atoms with Crippen LogP contribution in [0.1, 0.15) is 49.9 Å². The molecule has 304 valence electrons. The van der Waals surface area contributed by atoms with Gasteiger partial charge in [-0.15, -0.1) is 11.3 Å². The van der Waals surface area contributed by atoms with E-state index in [4.69, 9.17) is 8.83 Å². The van der Waals surface area contributed by atoms with Crippen LogP contribution in [0, 0.1) is 0 Å². The van der Waals surface area contributed by atoms with Gasteiger partial charge in [0.05, 0.1) is 10.4 Å². The topological polar surface area (TPSA) is 29.5 Å². The van der Waals surface area contributed by atoms with E-state index in [1.165, 1.54) is 64.7 Å². The highest BCUT2D eigenvalue weighted by molar-refractivity contribution is 7.26. The predicted octanol–water partition coefficient (Wildman–Crippen LogP) is 17.6. The van der Waals surface area contributed by atoms with E-state index in [0.717, 1.165) is 72.1 Å². The summed E-state index contributed by atoms with van der Waals surface area (Å²) in [5, 5.41) is 6.81. The summed E-state index contributed by atoms with van der Waals surface area (Å²) in [6.45, 7) is 9.41. The number of thiophene rings is 1. The van der Waals surface area contributed by atoms with Gasteiger partial charge in [0, 0.05) is 70.9 Å². The smallest absolute Gasteiger partial charge is 0.144 e. The molecule has 9 aromatic carbocycles. The molecular weight excluding hydrogens is 799 g/mol. The summed E-state index contributed by atoms with van der Waals surface area (Å²) in [6, 6.07) is 64.7. The number of hydrogen-bond acceptors (Lipinski definition) is 4. The van der Waals surface area contributed by atoms with Crippen LogP contribution in [0.5, 0.6) is 0 Å². The van der Waals surface area contributed by atoms with Crippen LogP contribution >= 0.6 is 11.3 Å². The van der Waals surface area contributed by atoms with Crippen LogP contribution in [0.2, 0.25) is 0 Å². The van der Waals surface area contributed by atoms with E-state index >= 15 is 0 Å². The van der Waals surface area contributed by atoms with Crippen LogP contribution in [0.3, 0.4) is 0 Å². The molecule has 12 aromatic rings. The highest BCUT2D eigenvalue weighted by atomic mass is 32.1. The van der Waals surface area contributed by atoms with E-state index < -0.39 is 0 Å². The van der Waals surface area contributed by atoms with Crippen molar-refractivity contribution in [1.29, 1.82) is 0 Å². The number of benzene rings is 9. The summed E-state index contributed by atoms with van der Waals surface area (Å²) >= 11 is 1.86. The Morgan fingerprint density at radius 2 is 1.05 bits per heavy atom. The van der Waals surface area contributed by atoms with Gasteiger partial charge in [-0.05, 0) is 105 Å². The van der Waals surface area contributed by atoms with E-state index in [0.29, 0.717) is 0 Å². The standard InChI is InChI=1S/C60H41NO2S/c1-59(2)46-19-9-5-14-37(46)39-27-24-34(30-48(39)59)55-56-44-17-7-11-22-51(44)62-53(56)33-45-41-29-26-36(32-52(41)63-57(45)55)61(50-21-13-18-43-42-16-8-12-23-54(42)64-58(43)50)35-25-28-40-38-15-6-10-20-47(38)60(3,4)49(40)31-35/h5-33H,1-4H3. The first-order valence-corrected chi connectivity index (χ1v) is 23.1. The molecule has 64 heavy (non-hydrogen) atoms. The zero-order valence-corrected chi connectivity index (χ0v) is 36.7. The van der Waals surface area contributed by atoms with E-state index in [2.05, 4.69) is 202 Å². The summed E-state index contributed by atoms with van der Waals surface area (Å²) in [5.74, 6) is 0. The van der Waals surface area contributed by atoms with Crippen molar-refractivity contribution >= 4 is 92.4 Å². The normalized spacial score (nSPS) is 14.5. The molecule has 0 amide bonds. The fourth-order valence-electron chi connectivity index (χ4n) is 11.5. The van der Waals surface area contributed by atoms with Gasteiger partial charge < -0.3 is 13.7 Å². The van der Waals surface area contributed by atoms with Crippen molar-refractivity contribution in [1.82, 2.24) is 0 Å². The SMILES string of the molecule is CC1(C)c2ccccc2-c2ccc(-c3c4oc5cc(N(c6ccc7c(c6)C(C)(C)c6ccccc6-7)c6cccc7c6sc6ccccc67)ccc5c4cc4oc5ccccc5c34)cc21. The van der Waals surface area contributed by atoms with Crippen molar-refractivity contribution in [2.75, 3.05) is 4.90 Å². The Kier molecular flexibility index (Phi) is 7.12. The maximum atomic E-state index is 7.28. The Balaban J connectivity index is 1.02.